The van der Waals surface area contributed by atoms with Crippen molar-refractivity contribution in [3.05, 3.63) is 40.7 Å². The molecule has 0 aliphatic heterocycles. The zero-order valence-electron chi connectivity index (χ0n) is 11.4. The van der Waals surface area contributed by atoms with Crippen molar-refractivity contribution in [3.63, 3.8) is 0 Å². The third kappa shape index (κ3) is 2.51. The Balaban J connectivity index is 2.49. The Kier molecular flexibility index (Phi) is 3.51. The highest BCUT2D eigenvalue weighted by Gasteiger charge is 2.20. The summed E-state index contributed by atoms with van der Waals surface area (Å²) in [4.78, 5) is 0.0940. The summed E-state index contributed by atoms with van der Waals surface area (Å²) in [7, 11) is -3.75. The molecule has 0 fully saturated rings. The maximum atomic E-state index is 12.4. The zero-order chi connectivity index (χ0) is 14.9. The van der Waals surface area contributed by atoms with Crippen LogP contribution in [-0.4, -0.2) is 18.6 Å². The van der Waals surface area contributed by atoms with Crippen molar-refractivity contribution in [1.82, 2.24) is 10.2 Å². The quantitative estimate of drug-likeness (QED) is 0.903. The summed E-state index contributed by atoms with van der Waals surface area (Å²) in [6.07, 6.45) is 0. The molecule has 0 radical (unpaired) electrons. The van der Waals surface area contributed by atoms with Gasteiger partial charge in [-0.25, -0.2) is 8.42 Å². The van der Waals surface area contributed by atoms with Crippen LogP contribution in [-0.2, 0) is 10.0 Å². The van der Waals surface area contributed by atoms with E-state index in [0.717, 1.165) is 0 Å². The summed E-state index contributed by atoms with van der Waals surface area (Å²) < 4.78 is 27.4. The molecule has 0 unspecified atom stereocenters. The number of benzene rings is 1. The van der Waals surface area contributed by atoms with Gasteiger partial charge in [0.1, 0.15) is 0 Å². The van der Waals surface area contributed by atoms with Gasteiger partial charge in [0.05, 0.1) is 33.6 Å². The summed E-state index contributed by atoms with van der Waals surface area (Å²) in [5.41, 5.74) is 2.53. The number of aryl methyl sites for hydroxylation is 3. The summed E-state index contributed by atoms with van der Waals surface area (Å²) in [6.45, 7) is 5.13. The number of nitrogens with one attached hydrogen (secondary N) is 2. The first-order valence-corrected chi connectivity index (χ1v) is 7.38. The van der Waals surface area contributed by atoms with Gasteiger partial charge < -0.3 is 0 Å². The molecule has 0 atom stereocenters. The molecule has 1 aromatic heterocycles. The highest BCUT2D eigenvalue weighted by atomic mass is 32.2. The number of aromatic amines is 1. The molecule has 2 N–H and O–H groups in total. The van der Waals surface area contributed by atoms with Crippen LogP contribution in [0.15, 0.2) is 23.1 Å². The Bertz CT molecular complexity index is 781. The molecular formula is C13H14N4O2S. The summed E-state index contributed by atoms with van der Waals surface area (Å²) >= 11 is 0. The largest absolute Gasteiger partial charge is 0.280 e. The number of nitriles is 1. The number of aromatic nitrogens is 2. The van der Waals surface area contributed by atoms with Gasteiger partial charge in [-0.2, -0.15) is 10.4 Å². The molecule has 2 rings (SSSR count). The highest BCUT2D eigenvalue weighted by Crippen LogP contribution is 2.23. The summed E-state index contributed by atoms with van der Waals surface area (Å²) in [6, 6.07) is 6.50. The lowest BCUT2D eigenvalue weighted by atomic mass is 10.2. The predicted molar refractivity (Wildman–Crippen MR) is 74.8 cm³/mol. The van der Waals surface area contributed by atoms with E-state index in [1.807, 2.05) is 6.07 Å². The fourth-order valence-corrected chi connectivity index (χ4v) is 3.30. The van der Waals surface area contributed by atoms with Crippen molar-refractivity contribution < 1.29 is 8.42 Å². The Morgan fingerprint density at radius 1 is 1.30 bits per heavy atom. The Morgan fingerprint density at radius 2 is 2.00 bits per heavy atom. The minimum Gasteiger partial charge on any atom is -0.280 e. The number of sulfonamides is 1. The van der Waals surface area contributed by atoms with Gasteiger partial charge in [0.15, 0.2) is 0 Å². The normalized spacial score (nSPS) is 11.1. The molecule has 0 amide bonds. The first-order valence-electron chi connectivity index (χ1n) is 5.90. The van der Waals surface area contributed by atoms with Crippen LogP contribution >= 0.6 is 0 Å². The fraction of sp³-hybridized carbons (Fsp3) is 0.231. The molecule has 7 heteroatoms. The van der Waals surface area contributed by atoms with Crippen LogP contribution in [0.4, 0.5) is 5.69 Å². The van der Waals surface area contributed by atoms with E-state index in [2.05, 4.69) is 14.9 Å². The van der Waals surface area contributed by atoms with Gasteiger partial charge in [0.25, 0.3) is 10.0 Å². The number of nitrogens with zero attached hydrogens (tertiary/aromatic N) is 2. The van der Waals surface area contributed by atoms with Gasteiger partial charge in [-0.15, -0.1) is 0 Å². The monoisotopic (exact) mass is 290 g/mol. The number of hydrogen-bond acceptors (Lipinski definition) is 4. The van der Waals surface area contributed by atoms with Gasteiger partial charge >= 0.3 is 0 Å². The first kappa shape index (κ1) is 14.1. The van der Waals surface area contributed by atoms with Gasteiger partial charge in [-0.3, -0.25) is 9.82 Å². The van der Waals surface area contributed by atoms with Gasteiger partial charge in [0.2, 0.25) is 0 Å². The van der Waals surface area contributed by atoms with Crippen LogP contribution in [0.1, 0.15) is 22.5 Å². The molecule has 1 aromatic carbocycles. The minimum atomic E-state index is -3.75. The van der Waals surface area contributed by atoms with E-state index in [-0.39, 0.29) is 4.90 Å². The van der Waals surface area contributed by atoms with E-state index in [9.17, 15) is 8.42 Å². The van der Waals surface area contributed by atoms with Crippen LogP contribution in [0.3, 0.4) is 0 Å². The Morgan fingerprint density at radius 3 is 2.55 bits per heavy atom. The van der Waals surface area contributed by atoms with E-state index in [1.165, 1.54) is 6.07 Å². The van der Waals surface area contributed by atoms with E-state index < -0.39 is 10.0 Å². The van der Waals surface area contributed by atoms with Crippen LogP contribution in [0.2, 0.25) is 0 Å². The van der Waals surface area contributed by atoms with E-state index in [4.69, 9.17) is 5.26 Å². The third-order valence-electron chi connectivity index (χ3n) is 2.97. The lowest BCUT2D eigenvalue weighted by Gasteiger charge is -2.10. The topological polar surface area (TPSA) is 98.6 Å². The zero-order valence-corrected chi connectivity index (χ0v) is 12.2. The maximum Gasteiger partial charge on any atom is 0.262 e. The second kappa shape index (κ2) is 4.98. The van der Waals surface area contributed by atoms with E-state index in [1.54, 1.807) is 32.9 Å². The average molecular weight is 290 g/mol. The van der Waals surface area contributed by atoms with Crippen molar-refractivity contribution in [2.24, 2.45) is 0 Å². The SMILES string of the molecule is Cc1ccc(C#N)cc1S(=O)(=O)Nc1c(C)n[nH]c1C. The van der Waals surface area contributed by atoms with Crippen molar-refractivity contribution >= 4 is 15.7 Å². The average Bonchev–Trinajstić information content (AvgIpc) is 2.70. The maximum absolute atomic E-state index is 12.4. The molecule has 104 valence electrons. The van der Waals surface area contributed by atoms with Crippen LogP contribution in [0, 0.1) is 32.1 Å². The van der Waals surface area contributed by atoms with Crippen LogP contribution in [0.25, 0.3) is 0 Å². The van der Waals surface area contributed by atoms with Crippen molar-refractivity contribution in [2.45, 2.75) is 25.7 Å². The molecule has 0 saturated heterocycles. The lowest BCUT2D eigenvalue weighted by Crippen LogP contribution is -2.15. The highest BCUT2D eigenvalue weighted by molar-refractivity contribution is 7.92. The first-order chi connectivity index (χ1) is 9.35. The minimum absolute atomic E-state index is 0.0940. The van der Waals surface area contributed by atoms with Crippen molar-refractivity contribution in [1.29, 1.82) is 5.26 Å². The fourth-order valence-electron chi connectivity index (χ4n) is 1.85. The Labute approximate surface area is 117 Å². The predicted octanol–water partition coefficient (Wildman–Crippen LogP) is 2.01. The molecule has 0 aliphatic carbocycles. The van der Waals surface area contributed by atoms with E-state index >= 15 is 0 Å². The summed E-state index contributed by atoms with van der Waals surface area (Å²) in [5.74, 6) is 0. The number of rotatable bonds is 3. The van der Waals surface area contributed by atoms with Gasteiger partial charge in [-0.1, -0.05) is 6.07 Å². The summed E-state index contributed by atoms with van der Waals surface area (Å²) in [5, 5.41) is 15.5. The smallest absolute Gasteiger partial charge is 0.262 e. The lowest BCUT2D eigenvalue weighted by molar-refractivity contribution is 0.600. The molecule has 6 nitrogen and oxygen atoms in total. The van der Waals surface area contributed by atoms with Crippen molar-refractivity contribution in [2.75, 3.05) is 4.72 Å². The third-order valence-corrected chi connectivity index (χ3v) is 4.46. The molecule has 1 heterocycles. The molecule has 0 spiro atoms. The number of hydrogen-bond donors (Lipinski definition) is 2. The van der Waals surface area contributed by atoms with Crippen LogP contribution in [0.5, 0.6) is 0 Å². The molecule has 20 heavy (non-hydrogen) atoms. The standard InChI is InChI=1S/C13H14N4O2S/c1-8-4-5-11(7-14)6-12(8)20(18,19)17-13-9(2)15-16-10(13)3/h4-6,17H,1-3H3,(H,15,16). The number of H-pyrrole nitrogens is 1. The second-order valence-electron chi connectivity index (χ2n) is 4.51. The van der Waals surface area contributed by atoms with Crippen molar-refractivity contribution in [3.8, 4) is 6.07 Å². The molecule has 0 aliphatic rings. The second-order valence-corrected chi connectivity index (χ2v) is 6.16. The van der Waals surface area contributed by atoms with Crippen LogP contribution < -0.4 is 4.72 Å². The van der Waals surface area contributed by atoms with Gasteiger partial charge in [-0.05, 0) is 38.5 Å². The van der Waals surface area contributed by atoms with Gasteiger partial charge in [0, 0.05) is 0 Å². The molecule has 0 bridgehead atoms. The molecule has 0 saturated carbocycles. The van der Waals surface area contributed by atoms with E-state index in [0.29, 0.717) is 28.2 Å². The molecular weight excluding hydrogens is 276 g/mol. The Hall–Kier alpha value is -2.33. The molecule has 2 aromatic rings. The number of anilines is 1.